The lowest BCUT2D eigenvalue weighted by atomic mass is 9.83. The van der Waals surface area contributed by atoms with Gasteiger partial charge in [-0.2, -0.15) is 0 Å². The number of piperazine rings is 1. The van der Waals surface area contributed by atoms with Crippen molar-refractivity contribution in [2.24, 2.45) is 11.7 Å². The monoisotopic (exact) mass is 399 g/mol. The third kappa shape index (κ3) is 6.15. The predicted octanol–water partition coefficient (Wildman–Crippen LogP) is -0.978. The molecule has 4 atom stereocenters. The molecule has 0 radical (unpaired) electrons. The molecule has 0 aromatic rings. The number of nitrogens with one attached hydrogen (secondary N) is 1. The number of nitrogens with zero attached hydrogens (tertiary/aromatic N) is 1. The summed E-state index contributed by atoms with van der Waals surface area (Å²) >= 11 is 0. The van der Waals surface area contributed by atoms with E-state index in [1.807, 2.05) is 0 Å². The van der Waals surface area contributed by atoms with Gasteiger partial charge in [0.2, 0.25) is 17.7 Å². The molecular weight excluding hydrogens is 366 g/mol. The number of aliphatic hydroxyl groups excluding tert-OH is 3. The van der Waals surface area contributed by atoms with E-state index >= 15 is 0 Å². The molecule has 6 N–H and O–H groups in total. The number of amides is 3. The molecule has 9 heteroatoms. The Morgan fingerprint density at radius 3 is 2.46 bits per heavy atom. The molecule has 2 aliphatic rings. The molecule has 0 aromatic heterocycles. The second-order valence-electron chi connectivity index (χ2n) is 7.96. The van der Waals surface area contributed by atoms with Crippen LogP contribution in [-0.4, -0.2) is 75.4 Å². The van der Waals surface area contributed by atoms with Crippen LogP contribution in [0, 0.1) is 5.92 Å². The minimum absolute atomic E-state index is 0.0178. The summed E-state index contributed by atoms with van der Waals surface area (Å²) in [6.07, 6.45) is 3.73. The van der Waals surface area contributed by atoms with E-state index in [4.69, 9.17) is 10.8 Å². The average molecular weight is 399 g/mol. The Balaban J connectivity index is 2.07. The minimum Gasteiger partial charge on any atom is -0.394 e. The summed E-state index contributed by atoms with van der Waals surface area (Å²) in [5.41, 5.74) is 5.19. The Kier molecular flexibility index (Phi) is 8.65. The summed E-state index contributed by atoms with van der Waals surface area (Å²) in [5, 5.41) is 31.2. The van der Waals surface area contributed by atoms with E-state index in [-0.39, 0.29) is 37.6 Å². The van der Waals surface area contributed by atoms with Crippen LogP contribution in [0.2, 0.25) is 0 Å². The number of nitrogens with two attached hydrogens (primary N) is 1. The van der Waals surface area contributed by atoms with E-state index in [9.17, 15) is 24.6 Å². The van der Waals surface area contributed by atoms with Crippen LogP contribution in [0.3, 0.4) is 0 Å². The largest absolute Gasteiger partial charge is 0.394 e. The van der Waals surface area contributed by atoms with Crippen LogP contribution in [0.1, 0.15) is 57.8 Å². The molecule has 2 fully saturated rings. The molecule has 0 aromatic carbocycles. The first-order chi connectivity index (χ1) is 13.3. The van der Waals surface area contributed by atoms with Crippen molar-refractivity contribution in [2.75, 3.05) is 13.2 Å². The number of carbonyl (C=O) groups is 3. The molecule has 3 amide bonds. The zero-order valence-corrected chi connectivity index (χ0v) is 16.3. The normalized spacial score (nSPS) is 26.0. The summed E-state index contributed by atoms with van der Waals surface area (Å²) in [6.45, 7) is -0.542. The third-order valence-electron chi connectivity index (χ3n) is 5.83. The van der Waals surface area contributed by atoms with Crippen LogP contribution in [-0.2, 0) is 14.4 Å². The molecular formula is C19H33N3O6. The van der Waals surface area contributed by atoms with Gasteiger partial charge in [-0.15, -0.1) is 0 Å². The molecule has 1 saturated carbocycles. The summed E-state index contributed by atoms with van der Waals surface area (Å²) in [5.74, 6) is -0.710. The van der Waals surface area contributed by atoms with Gasteiger partial charge < -0.3 is 31.3 Å². The van der Waals surface area contributed by atoms with Crippen molar-refractivity contribution in [3.63, 3.8) is 0 Å². The minimum atomic E-state index is -1.31. The molecule has 2 rings (SSSR count). The Morgan fingerprint density at radius 1 is 1.18 bits per heavy atom. The first-order valence-corrected chi connectivity index (χ1v) is 10.2. The van der Waals surface area contributed by atoms with Crippen molar-refractivity contribution in [2.45, 2.75) is 82.1 Å². The van der Waals surface area contributed by atoms with E-state index < -0.39 is 36.8 Å². The van der Waals surface area contributed by atoms with Crippen molar-refractivity contribution in [1.82, 2.24) is 10.2 Å². The van der Waals surface area contributed by atoms with Gasteiger partial charge in [-0.3, -0.25) is 14.4 Å². The molecule has 28 heavy (non-hydrogen) atoms. The molecule has 1 heterocycles. The van der Waals surface area contributed by atoms with Crippen molar-refractivity contribution < 1.29 is 29.7 Å². The molecule has 0 spiro atoms. The van der Waals surface area contributed by atoms with Gasteiger partial charge in [-0.25, -0.2) is 0 Å². The SMILES string of the molecule is NC(=O)CCC1C(=O)NC(CC2CCCCC2)C(=O)N1CCC(O)C(O)CO. The van der Waals surface area contributed by atoms with E-state index in [0.717, 1.165) is 25.7 Å². The number of rotatable bonds is 10. The van der Waals surface area contributed by atoms with Crippen LogP contribution in [0.15, 0.2) is 0 Å². The second kappa shape index (κ2) is 10.7. The summed E-state index contributed by atoms with van der Waals surface area (Å²) in [7, 11) is 0. The summed E-state index contributed by atoms with van der Waals surface area (Å²) in [4.78, 5) is 38.2. The van der Waals surface area contributed by atoms with E-state index in [0.29, 0.717) is 12.3 Å². The number of carbonyl (C=O) groups excluding carboxylic acids is 3. The second-order valence-corrected chi connectivity index (χ2v) is 7.96. The lowest BCUT2D eigenvalue weighted by molar-refractivity contribution is -0.151. The zero-order chi connectivity index (χ0) is 20.7. The highest BCUT2D eigenvalue weighted by atomic mass is 16.4. The number of hydrogen-bond donors (Lipinski definition) is 5. The number of primary amides is 1. The van der Waals surface area contributed by atoms with Crippen molar-refractivity contribution in [1.29, 1.82) is 0 Å². The maximum absolute atomic E-state index is 13.1. The average Bonchev–Trinajstić information content (AvgIpc) is 2.68. The van der Waals surface area contributed by atoms with Crippen LogP contribution < -0.4 is 11.1 Å². The number of hydrogen-bond acceptors (Lipinski definition) is 6. The highest BCUT2D eigenvalue weighted by Crippen LogP contribution is 2.29. The van der Waals surface area contributed by atoms with Crippen molar-refractivity contribution in [3.05, 3.63) is 0 Å². The summed E-state index contributed by atoms with van der Waals surface area (Å²) < 4.78 is 0. The molecule has 4 unspecified atom stereocenters. The fourth-order valence-corrected chi connectivity index (χ4v) is 4.16. The quantitative estimate of drug-likeness (QED) is 0.318. The molecule has 160 valence electrons. The van der Waals surface area contributed by atoms with E-state index in [2.05, 4.69) is 5.32 Å². The molecule has 1 saturated heterocycles. The van der Waals surface area contributed by atoms with Gasteiger partial charge in [0.1, 0.15) is 18.2 Å². The number of aliphatic hydroxyl groups is 3. The smallest absolute Gasteiger partial charge is 0.245 e. The van der Waals surface area contributed by atoms with Gasteiger partial charge in [-0.05, 0) is 25.2 Å². The topological polar surface area (TPSA) is 153 Å². The molecule has 9 nitrogen and oxygen atoms in total. The zero-order valence-electron chi connectivity index (χ0n) is 16.3. The van der Waals surface area contributed by atoms with Gasteiger partial charge in [0, 0.05) is 13.0 Å². The van der Waals surface area contributed by atoms with Crippen molar-refractivity contribution >= 4 is 17.7 Å². The van der Waals surface area contributed by atoms with Gasteiger partial charge in [0.15, 0.2) is 0 Å². The Hall–Kier alpha value is -1.71. The fraction of sp³-hybridized carbons (Fsp3) is 0.842. The van der Waals surface area contributed by atoms with E-state index in [1.165, 1.54) is 11.3 Å². The maximum Gasteiger partial charge on any atom is 0.245 e. The Bertz CT molecular complexity index is 552. The highest BCUT2D eigenvalue weighted by molar-refractivity contribution is 5.97. The standard InChI is InChI=1S/C19H33N3O6/c20-17(26)7-6-14-18(27)21-13(10-12-4-2-1-3-5-12)19(28)22(14)9-8-15(24)16(25)11-23/h12-16,23-25H,1-11H2,(H2,20,26)(H,21,27). The molecule has 0 bridgehead atoms. The highest BCUT2D eigenvalue weighted by Gasteiger charge is 2.41. The lowest BCUT2D eigenvalue weighted by Crippen LogP contribution is -2.64. The van der Waals surface area contributed by atoms with Crippen LogP contribution in [0.4, 0.5) is 0 Å². The maximum atomic E-state index is 13.1. The molecule has 1 aliphatic heterocycles. The van der Waals surface area contributed by atoms with Gasteiger partial charge >= 0.3 is 0 Å². The van der Waals surface area contributed by atoms with Crippen LogP contribution in [0.5, 0.6) is 0 Å². The third-order valence-corrected chi connectivity index (χ3v) is 5.83. The molecule has 1 aliphatic carbocycles. The summed E-state index contributed by atoms with van der Waals surface area (Å²) in [6, 6.07) is -1.44. The Labute approximate surface area is 165 Å². The van der Waals surface area contributed by atoms with Gasteiger partial charge in [-0.1, -0.05) is 32.1 Å². The lowest BCUT2D eigenvalue weighted by Gasteiger charge is -2.40. The van der Waals surface area contributed by atoms with Gasteiger partial charge in [0.05, 0.1) is 12.7 Å². The Morgan fingerprint density at radius 2 is 1.86 bits per heavy atom. The van der Waals surface area contributed by atoms with Gasteiger partial charge in [0.25, 0.3) is 0 Å². The predicted molar refractivity (Wildman–Crippen MR) is 101 cm³/mol. The van der Waals surface area contributed by atoms with Crippen LogP contribution >= 0.6 is 0 Å². The van der Waals surface area contributed by atoms with Crippen LogP contribution in [0.25, 0.3) is 0 Å². The van der Waals surface area contributed by atoms with E-state index in [1.54, 1.807) is 0 Å². The fourth-order valence-electron chi connectivity index (χ4n) is 4.16. The first-order valence-electron chi connectivity index (χ1n) is 10.2. The van der Waals surface area contributed by atoms with Crippen molar-refractivity contribution in [3.8, 4) is 0 Å². The first kappa shape index (κ1) is 22.6.